The Morgan fingerprint density at radius 1 is 1.46 bits per heavy atom. The van der Waals surface area contributed by atoms with Gasteiger partial charge in [0.25, 0.3) is 0 Å². The molecule has 1 heterocycles. The van der Waals surface area contributed by atoms with E-state index in [0.29, 0.717) is 6.54 Å². The summed E-state index contributed by atoms with van der Waals surface area (Å²) in [4.78, 5) is 10.5. The Labute approximate surface area is 76.1 Å². The van der Waals surface area contributed by atoms with Crippen LogP contribution in [0.25, 0.3) is 0 Å². The number of aldehydes is 1. The van der Waals surface area contributed by atoms with Crippen LogP contribution in [0.3, 0.4) is 0 Å². The van der Waals surface area contributed by atoms with Gasteiger partial charge in [-0.2, -0.15) is 0 Å². The predicted octanol–water partition coefficient (Wildman–Crippen LogP) is 0.674. The van der Waals surface area contributed by atoms with E-state index in [1.807, 2.05) is 12.1 Å². The fraction of sp³-hybridized carbons (Fsp3) is 0.222. The lowest BCUT2D eigenvalue weighted by Crippen LogP contribution is -2.34. The van der Waals surface area contributed by atoms with Gasteiger partial charge in [-0.1, -0.05) is 0 Å². The van der Waals surface area contributed by atoms with E-state index in [-0.39, 0.29) is 6.04 Å². The largest absolute Gasteiger partial charge is 0.399 e. The molecule has 0 amide bonds. The fourth-order valence-electron chi connectivity index (χ4n) is 1.39. The number of hydrogen-bond acceptors (Lipinski definition) is 4. The van der Waals surface area contributed by atoms with Crippen LogP contribution in [0, 0.1) is 0 Å². The summed E-state index contributed by atoms with van der Waals surface area (Å²) in [6.45, 7) is 0.611. The number of fused-ring (bicyclic) bond motifs is 1. The SMILES string of the molecule is Nc1ccc2c(c1)NCC(C=O)N2. The predicted molar refractivity (Wildman–Crippen MR) is 52.8 cm³/mol. The monoisotopic (exact) mass is 177 g/mol. The smallest absolute Gasteiger partial charge is 0.144 e. The first kappa shape index (κ1) is 7.91. The van der Waals surface area contributed by atoms with Crippen LogP contribution in [0.4, 0.5) is 17.1 Å². The first-order chi connectivity index (χ1) is 6.29. The Bertz CT molecular complexity index is 338. The van der Waals surface area contributed by atoms with Gasteiger partial charge in [-0.05, 0) is 18.2 Å². The molecule has 2 rings (SSSR count). The molecular weight excluding hydrogens is 166 g/mol. The van der Waals surface area contributed by atoms with Crippen LogP contribution < -0.4 is 16.4 Å². The molecule has 1 atom stereocenters. The second-order valence-electron chi connectivity index (χ2n) is 3.07. The summed E-state index contributed by atoms with van der Waals surface area (Å²) in [5.74, 6) is 0. The Morgan fingerprint density at radius 2 is 2.31 bits per heavy atom. The summed E-state index contributed by atoms with van der Waals surface area (Å²) < 4.78 is 0. The zero-order chi connectivity index (χ0) is 9.26. The van der Waals surface area contributed by atoms with Crippen LogP contribution >= 0.6 is 0 Å². The molecule has 0 spiro atoms. The third-order valence-corrected chi connectivity index (χ3v) is 2.06. The highest BCUT2D eigenvalue weighted by molar-refractivity contribution is 5.79. The van der Waals surface area contributed by atoms with Crippen molar-refractivity contribution in [1.29, 1.82) is 0 Å². The van der Waals surface area contributed by atoms with E-state index in [0.717, 1.165) is 23.3 Å². The molecule has 0 fully saturated rings. The van der Waals surface area contributed by atoms with Crippen molar-refractivity contribution in [1.82, 2.24) is 0 Å². The minimum absolute atomic E-state index is 0.142. The minimum atomic E-state index is -0.142. The van der Waals surface area contributed by atoms with Crippen molar-refractivity contribution in [2.24, 2.45) is 0 Å². The zero-order valence-corrected chi connectivity index (χ0v) is 7.08. The lowest BCUT2D eigenvalue weighted by atomic mass is 10.1. The van der Waals surface area contributed by atoms with E-state index in [2.05, 4.69) is 10.6 Å². The van der Waals surface area contributed by atoms with Gasteiger partial charge in [0.1, 0.15) is 6.29 Å². The second kappa shape index (κ2) is 2.97. The van der Waals surface area contributed by atoms with Crippen molar-refractivity contribution in [2.45, 2.75) is 6.04 Å². The Hall–Kier alpha value is -1.71. The van der Waals surface area contributed by atoms with Gasteiger partial charge in [-0.15, -0.1) is 0 Å². The quantitative estimate of drug-likeness (QED) is 0.436. The molecule has 4 heteroatoms. The number of carbonyl (C=O) groups excluding carboxylic acids is 1. The summed E-state index contributed by atoms with van der Waals surface area (Å²) in [5.41, 5.74) is 8.22. The van der Waals surface area contributed by atoms with Gasteiger partial charge in [0.15, 0.2) is 0 Å². The van der Waals surface area contributed by atoms with Gasteiger partial charge in [0.05, 0.1) is 17.4 Å². The summed E-state index contributed by atoms with van der Waals surface area (Å²) in [6.07, 6.45) is 0.895. The van der Waals surface area contributed by atoms with Gasteiger partial charge in [0, 0.05) is 12.2 Å². The van der Waals surface area contributed by atoms with Crippen LogP contribution in [0.5, 0.6) is 0 Å². The molecule has 1 aliphatic heterocycles. The van der Waals surface area contributed by atoms with Crippen LogP contribution in [-0.4, -0.2) is 18.9 Å². The van der Waals surface area contributed by atoms with Crippen LogP contribution in [0.2, 0.25) is 0 Å². The molecule has 4 N–H and O–H groups in total. The maximum Gasteiger partial charge on any atom is 0.144 e. The fourth-order valence-corrected chi connectivity index (χ4v) is 1.39. The summed E-state index contributed by atoms with van der Waals surface area (Å²) in [7, 11) is 0. The zero-order valence-electron chi connectivity index (χ0n) is 7.08. The average Bonchev–Trinajstić information content (AvgIpc) is 2.17. The third-order valence-electron chi connectivity index (χ3n) is 2.06. The third kappa shape index (κ3) is 1.42. The summed E-state index contributed by atoms with van der Waals surface area (Å²) in [6, 6.07) is 5.38. The van der Waals surface area contributed by atoms with E-state index in [1.54, 1.807) is 6.07 Å². The highest BCUT2D eigenvalue weighted by Gasteiger charge is 2.15. The molecule has 0 radical (unpaired) electrons. The number of nitrogens with one attached hydrogen (secondary N) is 2. The molecule has 0 saturated heterocycles. The van der Waals surface area contributed by atoms with Gasteiger partial charge in [0.2, 0.25) is 0 Å². The molecule has 4 nitrogen and oxygen atoms in total. The number of nitrogens with two attached hydrogens (primary N) is 1. The standard InChI is InChI=1S/C9H11N3O/c10-6-1-2-8-9(3-6)11-4-7(5-13)12-8/h1-3,5,7,11-12H,4,10H2. The Kier molecular flexibility index (Phi) is 1.81. The van der Waals surface area contributed by atoms with Crippen molar-refractivity contribution in [3.63, 3.8) is 0 Å². The number of carbonyl (C=O) groups is 1. The van der Waals surface area contributed by atoms with Gasteiger partial charge in [-0.3, -0.25) is 0 Å². The molecule has 0 bridgehead atoms. The number of anilines is 3. The highest BCUT2D eigenvalue weighted by Crippen LogP contribution is 2.27. The summed E-state index contributed by atoms with van der Waals surface area (Å²) >= 11 is 0. The molecule has 1 aromatic rings. The van der Waals surface area contributed by atoms with Crippen molar-refractivity contribution >= 4 is 23.3 Å². The topological polar surface area (TPSA) is 67.1 Å². The molecule has 0 saturated carbocycles. The number of benzene rings is 1. The number of hydrogen-bond donors (Lipinski definition) is 3. The molecule has 1 unspecified atom stereocenters. The van der Waals surface area contributed by atoms with Crippen molar-refractivity contribution in [2.75, 3.05) is 22.9 Å². The van der Waals surface area contributed by atoms with E-state index in [1.165, 1.54) is 0 Å². The van der Waals surface area contributed by atoms with Crippen molar-refractivity contribution in [3.05, 3.63) is 18.2 Å². The van der Waals surface area contributed by atoms with E-state index in [9.17, 15) is 4.79 Å². The van der Waals surface area contributed by atoms with Gasteiger partial charge in [-0.25, -0.2) is 0 Å². The number of nitrogen functional groups attached to an aromatic ring is 1. The Morgan fingerprint density at radius 3 is 3.08 bits per heavy atom. The first-order valence-corrected chi connectivity index (χ1v) is 4.15. The van der Waals surface area contributed by atoms with Crippen LogP contribution in [0.15, 0.2) is 18.2 Å². The lowest BCUT2D eigenvalue weighted by Gasteiger charge is -2.24. The molecule has 1 aromatic carbocycles. The molecule has 1 aliphatic rings. The first-order valence-electron chi connectivity index (χ1n) is 4.15. The second-order valence-corrected chi connectivity index (χ2v) is 3.07. The van der Waals surface area contributed by atoms with Crippen molar-refractivity contribution in [3.8, 4) is 0 Å². The molecule has 0 aromatic heterocycles. The lowest BCUT2D eigenvalue weighted by molar-refractivity contribution is -0.108. The maximum atomic E-state index is 10.5. The van der Waals surface area contributed by atoms with Gasteiger partial charge < -0.3 is 21.2 Å². The number of rotatable bonds is 1. The van der Waals surface area contributed by atoms with Crippen LogP contribution in [-0.2, 0) is 4.79 Å². The normalized spacial score (nSPS) is 19.5. The minimum Gasteiger partial charge on any atom is -0.399 e. The average molecular weight is 177 g/mol. The van der Waals surface area contributed by atoms with Crippen molar-refractivity contribution < 1.29 is 4.79 Å². The Balaban J connectivity index is 2.31. The molecule has 0 aliphatic carbocycles. The van der Waals surface area contributed by atoms with E-state index in [4.69, 9.17) is 5.73 Å². The van der Waals surface area contributed by atoms with E-state index < -0.39 is 0 Å². The van der Waals surface area contributed by atoms with E-state index >= 15 is 0 Å². The molecular formula is C9H11N3O. The summed E-state index contributed by atoms with van der Waals surface area (Å²) in [5, 5.41) is 6.22. The molecule has 13 heavy (non-hydrogen) atoms. The maximum absolute atomic E-state index is 10.5. The van der Waals surface area contributed by atoms with Crippen LogP contribution in [0.1, 0.15) is 0 Å². The molecule has 68 valence electrons. The van der Waals surface area contributed by atoms with Gasteiger partial charge >= 0.3 is 0 Å². The highest BCUT2D eigenvalue weighted by atomic mass is 16.1.